The maximum absolute atomic E-state index is 12.5. The van der Waals surface area contributed by atoms with E-state index in [0.717, 1.165) is 27.9 Å². The van der Waals surface area contributed by atoms with Crippen molar-refractivity contribution in [2.24, 2.45) is 7.05 Å². The van der Waals surface area contributed by atoms with Crippen LogP contribution in [-0.2, 0) is 18.4 Å². The number of anilines is 1. The first-order valence-electron chi connectivity index (χ1n) is 8.99. The number of para-hydroxylation sites is 1. The number of aryl methyl sites for hydroxylation is 1. The van der Waals surface area contributed by atoms with Gasteiger partial charge in [0.25, 0.3) is 0 Å². The molecule has 0 bridgehead atoms. The lowest BCUT2D eigenvalue weighted by Gasteiger charge is -2.05. The summed E-state index contributed by atoms with van der Waals surface area (Å²) in [6.45, 7) is 2.62. The number of fused-ring (bicyclic) bond motifs is 1. The molecule has 0 saturated heterocycles. The Morgan fingerprint density at radius 2 is 2.00 bits per heavy atom. The summed E-state index contributed by atoms with van der Waals surface area (Å²) in [6.07, 6.45) is 1.50. The molecule has 0 radical (unpaired) electrons. The molecule has 1 N–H and O–H groups in total. The predicted molar refractivity (Wildman–Crippen MR) is 106 cm³/mol. The van der Waals surface area contributed by atoms with Crippen LogP contribution in [0.2, 0.25) is 0 Å². The van der Waals surface area contributed by atoms with E-state index in [1.165, 1.54) is 11.0 Å². The number of carbonyl (C=O) groups excluding carboxylic acids is 1. The average Bonchev–Trinajstić information content (AvgIpc) is 3.26. The summed E-state index contributed by atoms with van der Waals surface area (Å²) in [4.78, 5) is 13.8. The van der Waals surface area contributed by atoms with Gasteiger partial charge in [-0.3, -0.25) is 9.48 Å². The predicted octanol–water partition coefficient (Wildman–Crippen LogP) is 2.87. The number of nitrogens with one attached hydrogen (secondary N) is 1. The minimum atomic E-state index is -0.219. The number of amides is 1. The van der Waals surface area contributed by atoms with Crippen molar-refractivity contribution in [2.45, 2.75) is 13.5 Å². The van der Waals surface area contributed by atoms with Crippen molar-refractivity contribution >= 4 is 22.6 Å². The lowest BCUT2D eigenvalue weighted by Crippen LogP contribution is -2.19. The fourth-order valence-corrected chi connectivity index (χ4v) is 3.08. The highest BCUT2D eigenvalue weighted by Crippen LogP contribution is 2.30. The average molecular weight is 376 g/mol. The molecule has 2 aromatic heterocycles. The highest BCUT2D eigenvalue weighted by molar-refractivity contribution is 5.95. The SMILES string of the molecule is CCOc1cccc(-c2nn(CC(=O)Nc3cnn(C)n3)c3ccccc23)c1. The van der Waals surface area contributed by atoms with Crippen molar-refractivity contribution in [3.63, 3.8) is 0 Å². The molecule has 4 rings (SSSR count). The van der Waals surface area contributed by atoms with Crippen molar-refractivity contribution in [2.75, 3.05) is 11.9 Å². The minimum absolute atomic E-state index is 0.0717. The molecule has 0 spiro atoms. The van der Waals surface area contributed by atoms with E-state index in [-0.39, 0.29) is 12.5 Å². The molecule has 0 saturated carbocycles. The van der Waals surface area contributed by atoms with E-state index in [0.29, 0.717) is 12.4 Å². The van der Waals surface area contributed by atoms with E-state index >= 15 is 0 Å². The summed E-state index contributed by atoms with van der Waals surface area (Å²) in [7, 11) is 1.69. The fourth-order valence-electron chi connectivity index (χ4n) is 3.08. The first kappa shape index (κ1) is 17.7. The molecular weight excluding hydrogens is 356 g/mol. The Balaban J connectivity index is 1.66. The van der Waals surface area contributed by atoms with Crippen molar-refractivity contribution in [3.05, 3.63) is 54.7 Å². The van der Waals surface area contributed by atoms with Gasteiger partial charge in [-0.2, -0.15) is 15.0 Å². The Morgan fingerprint density at radius 3 is 2.79 bits per heavy atom. The molecular formula is C20H20N6O2. The van der Waals surface area contributed by atoms with E-state index in [1.807, 2.05) is 55.5 Å². The van der Waals surface area contributed by atoms with E-state index in [4.69, 9.17) is 9.84 Å². The standard InChI is InChI=1S/C20H20N6O2/c1-3-28-15-8-6-7-14(11-15)20-16-9-4-5-10-17(16)26(24-20)13-19(27)22-18-12-21-25(2)23-18/h4-12H,3,13H2,1-2H3,(H,22,23,27). The van der Waals surface area contributed by atoms with Gasteiger partial charge in [0.15, 0.2) is 5.82 Å². The highest BCUT2D eigenvalue weighted by atomic mass is 16.5. The second kappa shape index (κ2) is 7.51. The van der Waals surface area contributed by atoms with Crippen LogP contribution < -0.4 is 10.1 Å². The number of hydrogen-bond donors (Lipinski definition) is 1. The van der Waals surface area contributed by atoms with Gasteiger partial charge in [-0.25, -0.2) is 0 Å². The van der Waals surface area contributed by atoms with Crippen LogP contribution in [0.1, 0.15) is 6.92 Å². The summed E-state index contributed by atoms with van der Waals surface area (Å²) in [5, 5.41) is 16.4. The molecule has 142 valence electrons. The molecule has 0 atom stereocenters. The Hall–Kier alpha value is -3.68. The third-order valence-electron chi connectivity index (χ3n) is 4.24. The van der Waals surface area contributed by atoms with E-state index in [9.17, 15) is 4.79 Å². The Morgan fingerprint density at radius 1 is 1.14 bits per heavy atom. The van der Waals surface area contributed by atoms with E-state index in [1.54, 1.807) is 11.7 Å². The van der Waals surface area contributed by atoms with E-state index in [2.05, 4.69) is 15.5 Å². The number of aromatic nitrogens is 5. The summed E-state index contributed by atoms with van der Waals surface area (Å²) in [5.41, 5.74) is 2.63. The second-order valence-electron chi connectivity index (χ2n) is 6.25. The molecule has 28 heavy (non-hydrogen) atoms. The maximum Gasteiger partial charge on any atom is 0.247 e. The molecule has 8 nitrogen and oxygen atoms in total. The van der Waals surface area contributed by atoms with Crippen molar-refractivity contribution in [1.82, 2.24) is 24.8 Å². The van der Waals surface area contributed by atoms with Crippen LogP contribution in [0, 0.1) is 0 Å². The molecule has 8 heteroatoms. The highest BCUT2D eigenvalue weighted by Gasteiger charge is 2.15. The van der Waals surface area contributed by atoms with Gasteiger partial charge in [-0.15, -0.1) is 5.10 Å². The molecule has 2 heterocycles. The summed E-state index contributed by atoms with van der Waals surface area (Å²) in [6, 6.07) is 15.7. The maximum atomic E-state index is 12.5. The van der Waals surface area contributed by atoms with Gasteiger partial charge in [0.05, 0.1) is 18.3 Å². The molecule has 2 aromatic carbocycles. The normalized spacial score (nSPS) is 10.9. The zero-order chi connectivity index (χ0) is 19.5. The Labute approximate surface area is 161 Å². The molecule has 0 aliphatic heterocycles. The summed E-state index contributed by atoms with van der Waals surface area (Å²) < 4.78 is 7.30. The summed E-state index contributed by atoms with van der Waals surface area (Å²) in [5.74, 6) is 0.982. The largest absolute Gasteiger partial charge is 0.494 e. The number of carbonyl (C=O) groups is 1. The zero-order valence-electron chi connectivity index (χ0n) is 15.7. The first-order valence-corrected chi connectivity index (χ1v) is 8.99. The van der Waals surface area contributed by atoms with Crippen LogP contribution in [0.15, 0.2) is 54.7 Å². The zero-order valence-corrected chi connectivity index (χ0v) is 15.7. The Bertz CT molecular complexity index is 1130. The summed E-state index contributed by atoms with van der Waals surface area (Å²) >= 11 is 0. The molecule has 4 aromatic rings. The van der Waals surface area contributed by atoms with Gasteiger partial charge in [0, 0.05) is 18.0 Å². The lowest BCUT2D eigenvalue weighted by atomic mass is 10.1. The van der Waals surface area contributed by atoms with Crippen molar-refractivity contribution in [1.29, 1.82) is 0 Å². The van der Waals surface area contributed by atoms with Crippen LogP contribution in [0.3, 0.4) is 0 Å². The minimum Gasteiger partial charge on any atom is -0.494 e. The van der Waals surface area contributed by atoms with Crippen molar-refractivity contribution < 1.29 is 9.53 Å². The van der Waals surface area contributed by atoms with Crippen LogP contribution in [-0.4, -0.2) is 37.3 Å². The number of ether oxygens (including phenoxy) is 1. The number of hydrogen-bond acceptors (Lipinski definition) is 5. The van der Waals surface area contributed by atoms with Crippen molar-refractivity contribution in [3.8, 4) is 17.0 Å². The van der Waals surface area contributed by atoms with Gasteiger partial charge >= 0.3 is 0 Å². The Kier molecular flexibility index (Phi) is 4.76. The second-order valence-corrected chi connectivity index (χ2v) is 6.25. The molecule has 0 unspecified atom stereocenters. The van der Waals surface area contributed by atoms with E-state index < -0.39 is 0 Å². The first-order chi connectivity index (χ1) is 13.6. The third kappa shape index (κ3) is 3.57. The molecule has 0 aliphatic rings. The van der Waals surface area contributed by atoms with Gasteiger partial charge in [0.1, 0.15) is 18.0 Å². The monoisotopic (exact) mass is 376 g/mol. The number of nitrogens with zero attached hydrogens (tertiary/aromatic N) is 5. The fraction of sp³-hybridized carbons (Fsp3) is 0.200. The van der Waals surface area contributed by atoms with Gasteiger partial charge in [0.2, 0.25) is 5.91 Å². The van der Waals surface area contributed by atoms with Gasteiger partial charge in [-0.05, 0) is 25.1 Å². The number of rotatable bonds is 6. The molecule has 0 aliphatic carbocycles. The molecule has 0 fully saturated rings. The number of benzene rings is 2. The third-order valence-corrected chi connectivity index (χ3v) is 4.24. The van der Waals surface area contributed by atoms with Crippen LogP contribution in [0.25, 0.3) is 22.2 Å². The lowest BCUT2D eigenvalue weighted by molar-refractivity contribution is -0.116. The van der Waals surface area contributed by atoms with Crippen LogP contribution >= 0.6 is 0 Å². The van der Waals surface area contributed by atoms with Crippen LogP contribution in [0.5, 0.6) is 5.75 Å². The van der Waals surface area contributed by atoms with Gasteiger partial charge < -0.3 is 10.1 Å². The smallest absolute Gasteiger partial charge is 0.247 e. The van der Waals surface area contributed by atoms with Crippen LogP contribution in [0.4, 0.5) is 5.82 Å². The molecule has 1 amide bonds. The van der Waals surface area contributed by atoms with Gasteiger partial charge in [-0.1, -0.05) is 30.3 Å². The topological polar surface area (TPSA) is 86.9 Å². The quantitative estimate of drug-likeness (QED) is 0.559.